The predicted molar refractivity (Wildman–Crippen MR) is 322 cm³/mol. The lowest BCUT2D eigenvalue weighted by molar-refractivity contribution is -0.464. The maximum Gasteiger partial charge on any atom is 0.351 e. The first-order valence-electron chi connectivity index (χ1n) is 30.7. The number of unbranched alkanes of at least 4 members (excludes halogenated alkanes) is 18. The van der Waals surface area contributed by atoms with Crippen molar-refractivity contribution < 1.29 is 58.4 Å². The zero-order valence-corrected chi connectivity index (χ0v) is 49.4. The van der Waals surface area contributed by atoms with Gasteiger partial charge in [-0.25, -0.2) is 0 Å². The Morgan fingerprint density at radius 2 is 0.637 bits per heavy atom. The van der Waals surface area contributed by atoms with Gasteiger partial charge in [0.15, 0.2) is 23.0 Å². The van der Waals surface area contributed by atoms with Crippen molar-refractivity contribution in [3.63, 3.8) is 0 Å². The molecule has 5 rings (SSSR count). The van der Waals surface area contributed by atoms with Crippen LogP contribution in [-0.2, 0) is 0 Å². The first-order valence-corrected chi connectivity index (χ1v) is 30.7. The molecule has 0 unspecified atom stereocenters. The van der Waals surface area contributed by atoms with Gasteiger partial charge in [0.05, 0.1) is 51.8 Å². The highest BCUT2D eigenvalue weighted by molar-refractivity contribution is 6.13. The van der Waals surface area contributed by atoms with Crippen molar-refractivity contribution in [1.29, 1.82) is 0 Å². The zero-order valence-electron chi connectivity index (χ0n) is 49.4. The van der Waals surface area contributed by atoms with Crippen LogP contribution in [0, 0.1) is 0 Å². The SMILES string of the molecule is CCCCCCOc1cc(/C=C/C2=CC(=[OH+])C(=C3C([O-])C(=C4C(=[OH+])C=C(/C=C/c5cc(OCCCCCC)c(OCCCCCC)c(OCCCCCC)c5)C=C4O)C3[O-])C(O)=C2)cc(OCCCCCC)c1OCCCCCC. The summed E-state index contributed by atoms with van der Waals surface area (Å²) in [4.78, 5) is 22.7. The summed E-state index contributed by atoms with van der Waals surface area (Å²) in [5.41, 5.74) is 1.22. The molecule has 0 aliphatic heterocycles. The monoisotopic (exact) mass is 1100 g/mol. The number of aliphatic hydroxyl groups excluding tert-OH is 2. The van der Waals surface area contributed by atoms with Crippen LogP contribution in [0.25, 0.3) is 12.2 Å². The molecule has 0 atom stereocenters. The van der Waals surface area contributed by atoms with Crippen LogP contribution in [0.4, 0.5) is 0 Å². The van der Waals surface area contributed by atoms with Gasteiger partial charge in [-0.05, 0) is 97.2 Å². The van der Waals surface area contributed by atoms with Crippen molar-refractivity contribution in [3.05, 3.63) is 117 Å². The number of allylic oxidation sites excluding steroid dienone is 10. The number of hydrogen-bond acceptors (Lipinski definition) is 10. The predicted octanol–water partition coefficient (Wildman–Crippen LogP) is 15.1. The Balaban J connectivity index is 1.36. The maximum atomic E-state index is 14.0. The minimum absolute atomic E-state index is 0.260. The van der Waals surface area contributed by atoms with E-state index >= 15 is 0 Å². The van der Waals surface area contributed by atoms with Crippen molar-refractivity contribution in [2.45, 2.75) is 208 Å². The van der Waals surface area contributed by atoms with E-state index < -0.39 is 35.3 Å². The van der Waals surface area contributed by atoms with Crippen LogP contribution in [0.1, 0.15) is 207 Å². The van der Waals surface area contributed by atoms with Crippen LogP contribution in [0.5, 0.6) is 34.5 Å². The summed E-state index contributed by atoms with van der Waals surface area (Å²) in [7, 11) is 0. The van der Waals surface area contributed by atoms with Gasteiger partial charge in [0.25, 0.3) is 0 Å². The number of ether oxygens (including phenoxy) is 6. The summed E-state index contributed by atoms with van der Waals surface area (Å²) in [5, 5.41) is 50.6. The fourth-order valence-electron chi connectivity index (χ4n) is 9.82. The van der Waals surface area contributed by atoms with Gasteiger partial charge >= 0.3 is 11.6 Å². The Morgan fingerprint density at radius 1 is 0.375 bits per heavy atom. The number of aliphatic hydroxyl groups is 2. The Morgan fingerprint density at radius 3 is 0.887 bits per heavy atom. The molecule has 0 saturated heterocycles. The van der Waals surface area contributed by atoms with Crippen LogP contribution in [0.15, 0.2) is 106 Å². The number of hydrogen-bond donors (Lipinski definition) is 2. The molecule has 0 amide bonds. The number of carbonyl (C=O) groups excluding carboxylic acids is 2. The van der Waals surface area contributed by atoms with E-state index in [0.29, 0.717) is 85.3 Å². The lowest BCUT2D eigenvalue weighted by Gasteiger charge is -2.53. The Hall–Kier alpha value is -5.98. The van der Waals surface area contributed by atoms with Gasteiger partial charge in [-0.1, -0.05) is 205 Å². The van der Waals surface area contributed by atoms with Crippen molar-refractivity contribution in [3.8, 4) is 34.5 Å². The van der Waals surface area contributed by atoms with Crippen molar-refractivity contribution in [2.75, 3.05) is 39.6 Å². The molecule has 0 bridgehead atoms. The van der Waals surface area contributed by atoms with Gasteiger partial charge in [0.2, 0.25) is 11.5 Å². The topological polar surface area (TPSA) is 185 Å². The van der Waals surface area contributed by atoms with Crippen LogP contribution in [0.3, 0.4) is 0 Å². The molecular weight excluding hydrogens is 1010 g/mol. The molecule has 3 aliphatic rings. The molecule has 2 aromatic rings. The van der Waals surface area contributed by atoms with Crippen LogP contribution in [-0.4, -0.2) is 83.2 Å². The first-order chi connectivity index (χ1) is 39.0. The molecule has 0 spiro atoms. The molecule has 4 N–H and O–H groups in total. The lowest BCUT2D eigenvalue weighted by Crippen LogP contribution is -2.57. The van der Waals surface area contributed by atoms with Gasteiger partial charge in [-0.15, -0.1) is 0 Å². The molecule has 12 nitrogen and oxygen atoms in total. The molecule has 3 aliphatic carbocycles. The van der Waals surface area contributed by atoms with Crippen LogP contribution >= 0.6 is 0 Å². The van der Waals surface area contributed by atoms with E-state index in [2.05, 4.69) is 41.5 Å². The third kappa shape index (κ3) is 20.2. The van der Waals surface area contributed by atoms with Crippen molar-refractivity contribution in [2.24, 2.45) is 0 Å². The van der Waals surface area contributed by atoms with Gasteiger partial charge in [-0.2, -0.15) is 0 Å². The van der Waals surface area contributed by atoms with Gasteiger partial charge < -0.3 is 48.8 Å². The Kier molecular flexibility index (Phi) is 29.5. The second-order valence-electron chi connectivity index (χ2n) is 21.4. The minimum atomic E-state index is -1.85. The third-order valence-corrected chi connectivity index (χ3v) is 14.5. The Bertz CT molecular complexity index is 2280. The Labute approximate surface area is 479 Å². The fraction of sp³-hybridized carbons (Fsp3) is 0.559. The molecule has 440 valence electrons. The number of rotatable bonds is 40. The summed E-state index contributed by atoms with van der Waals surface area (Å²) < 4.78 is 38.3. The molecule has 2 aromatic carbocycles. The molecule has 12 heteroatoms. The van der Waals surface area contributed by atoms with Gasteiger partial charge in [-0.3, -0.25) is 9.59 Å². The number of ketones is 2. The normalized spacial score (nSPS) is 16.5. The standard InChI is InChI=1S/C68H94O12/c1-7-13-19-25-35-75-57-45-51(46-58(76-36-26-20-14-8-2)67(57)79-39-29-23-17-11-5)33-31-49-41-53(69)61(54(70)42-49)63-65(73)64(66(63)74)62-55(71)43-50(44-56(62)72)32-34-52-47-59(77-37-27-21-15-9-3)68(80-40-30-24-18-12-6)60(48-52)78-38-28-22-16-10-4/h31-34,41-48,65-66,69,71H,7-30,35-40H2,1-6H3/q-2/p+2/b33-31+,34-32+,63-61?,64-62?. The molecule has 0 radical (unpaired) electrons. The van der Waals surface area contributed by atoms with E-state index in [0.717, 1.165) is 165 Å². The van der Waals surface area contributed by atoms with Crippen LogP contribution < -0.4 is 38.6 Å². The molecule has 0 aromatic heterocycles. The third-order valence-electron chi connectivity index (χ3n) is 14.5. The summed E-state index contributed by atoms with van der Waals surface area (Å²) in [6.45, 7) is 16.2. The van der Waals surface area contributed by atoms with E-state index in [9.17, 15) is 30.0 Å². The summed E-state index contributed by atoms with van der Waals surface area (Å²) in [6, 6.07) is 7.63. The quantitative estimate of drug-likeness (QED) is 0.0370. The summed E-state index contributed by atoms with van der Waals surface area (Å²) in [6.07, 6.45) is 34.2. The molecule has 80 heavy (non-hydrogen) atoms. The second kappa shape index (κ2) is 36.4. The zero-order chi connectivity index (χ0) is 57.5. The molecule has 1 fully saturated rings. The largest absolute Gasteiger partial charge is 0.846 e. The highest BCUT2D eigenvalue weighted by atomic mass is 16.5. The fourth-order valence-corrected chi connectivity index (χ4v) is 9.82. The van der Waals surface area contributed by atoms with Crippen LogP contribution in [0.2, 0.25) is 0 Å². The van der Waals surface area contributed by atoms with Gasteiger partial charge in [0, 0.05) is 0 Å². The van der Waals surface area contributed by atoms with Gasteiger partial charge in [0.1, 0.15) is 22.7 Å². The molecule has 0 heterocycles. The lowest BCUT2D eigenvalue weighted by atomic mass is 9.71. The average molecular weight is 1110 g/mol. The van der Waals surface area contributed by atoms with Crippen molar-refractivity contribution in [1.82, 2.24) is 0 Å². The number of benzene rings is 2. The van der Waals surface area contributed by atoms with Crippen molar-refractivity contribution >= 4 is 23.7 Å². The first kappa shape index (κ1) is 64.8. The average Bonchev–Trinajstić information content (AvgIpc) is 3.61. The smallest absolute Gasteiger partial charge is 0.351 e. The van der Waals surface area contributed by atoms with E-state index in [1.165, 1.54) is 24.3 Å². The maximum absolute atomic E-state index is 14.0. The highest BCUT2D eigenvalue weighted by Gasteiger charge is 2.40. The molecular formula is C68H96O12. The minimum Gasteiger partial charge on any atom is -0.846 e. The van der Waals surface area contributed by atoms with E-state index in [1.54, 1.807) is 12.2 Å². The van der Waals surface area contributed by atoms with E-state index in [-0.39, 0.29) is 22.3 Å². The van der Waals surface area contributed by atoms with E-state index in [4.69, 9.17) is 28.4 Å². The second-order valence-corrected chi connectivity index (χ2v) is 21.4. The van der Waals surface area contributed by atoms with E-state index in [1.807, 2.05) is 36.4 Å². The highest BCUT2D eigenvalue weighted by Crippen LogP contribution is 2.44. The summed E-state index contributed by atoms with van der Waals surface area (Å²) in [5.74, 6) is 1.72. The summed E-state index contributed by atoms with van der Waals surface area (Å²) >= 11 is 0. The molecule has 1 saturated carbocycles.